The van der Waals surface area contributed by atoms with Gasteiger partial charge in [0.15, 0.2) is 0 Å². The van der Waals surface area contributed by atoms with Gasteiger partial charge in [0.2, 0.25) is 0 Å². The Kier molecular flexibility index (Phi) is 2.88. The summed E-state index contributed by atoms with van der Waals surface area (Å²) in [5.41, 5.74) is 0. The van der Waals surface area contributed by atoms with Crippen molar-refractivity contribution in [3.8, 4) is 0 Å². The molecule has 0 bridgehead atoms. The van der Waals surface area contributed by atoms with Crippen molar-refractivity contribution in [3.05, 3.63) is 109 Å². The molecule has 0 nitrogen and oxygen atoms in total. The van der Waals surface area contributed by atoms with Gasteiger partial charge in [0.1, 0.15) is 0 Å². The van der Waals surface area contributed by atoms with Crippen molar-refractivity contribution in [3.63, 3.8) is 0 Å². The standard InChI is InChI=1S/C34H18/c1-2-7-21-17-29-27-15-13-19-12-14-26-23-9-4-3-8-22(23)18-30-25-11-5-10-24(28(29)16-20(21)6-1)32(25)34(27)31(19)33(26)30/h1-18H. The van der Waals surface area contributed by atoms with Crippen LogP contribution in [0.25, 0.3) is 86.2 Å². The summed E-state index contributed by atoms with van der Waals surface area (Å²) < 4.78 is 0. The van der Waals surface area contributed by atoms with Crippen LogP contribution in [-0.4, -0.2) is 0 Å². The normalized spacial score (nSPS) is 12.7. The van der Waals surface area contributed by atoms with E-state index in [1.165, 1.54) is 86.2 Å². The summed E-state index contributed by atoms with van der Waals surface area (Å²) in [5.74, 6) is 0. The lowest BCUT2D eigenvalue weighted by molar-refractivity contribution is 1.79. The molecule has 0 amide bonds. The number of hydrogen-bond acceptors (Lipinski definition) is 0. The summed E-state index contributed by atoms with van der Waals surface area (Å²) >= 11 is 0. The maximum Gasteiger partial charge on any atom is -0.000763 e. The van der Waals surface area contributed by atoms with Crippen LogP contribution < -0.4 is 0 Å². The van der Waals surface area contributed by atoms with Gasteiger partial charge in [0, 0.05) is 0 Å². The fourth-order valence-electron chi connectivity index (χ4n) is 6.67. The minimum atomic E-state index is 1.30. The second-order valence-electron chi connectivity index (χ2n) is 9.69. The molecule has 0 fully saturated rings. The van der Waals surface area contributed by atoms with E-state index in [9.17, 15) is 0 Å². The van der Waals surface area contributed by atoms with Crippen LogP contribution in [0, 0.1) is 0 Å². The van der Waals surface area contributed by atoms with Crippen LogP contribution in [0.2, 0.25) is 0 Å². The lowest BCUT2D eigenvalue weighted by atomic mass is 9.82. The van der Waals surface area contributed by atoms with Crippen molar-refractivity contribution in [1.82, 2.24) is 0 Å². The maximum absolute atomic E-state index is 2.41. The molecule has 0 saturated carbocycles. The molecule has 0 aliphatic heterocycles. The van der Waals surface area contributed by atoms with E-state index >= 15 is 0 Å². The molecule has 0 N–H and O–H groups in total. The van der Waals surface area contributed by atoms with E-state index < -0.39 is 0 Å². The molecule has 9 aromatic carbocycles. The first-order valence-electron chi connectivity index (χ1n) is 12.0. The summed E-state index contributed by atoms with van der Waals surface area (Å²) in [7, 11) is 0. The molecule has 0 aliphatic carbocycles. The summed E-state index contributed by atoms with van der Waals surface area (Å²) in [6.45, 7) is 0. The Hall–Kier alpha value is -4.42. The molecule has 9 aromatic rings. The van der Waals surface area contributed by atoms with Crippen LogP contribution in [-0.2, 0) is 0 Å². The van der Waals surface area contributed by atoms with Gasteiger partial charge in [-0.25, -0.2) is 0 Å². The van der Waals surface area contributed by atoms with Crippen molar-refractivity contribution in [1.29, 1.82) is 0 Å². The zero-order valence-electron chi connectivity index (χ0n) is 18.4. The smallest absolute Gasteiger partial charge is 0.000763 e. The van der Waals surface area contributed by atoms with E-state index in [0.29, 0.717) is 0 Å². The zero-order valence-corrected chi connectivity index (χ0v) is 18.4. The Morgan fingerprint density at radius 3 is 1.47 bits per heavy atom. The Labute approximate surface area is 195 Å². The summed E-state index contributed by atoms with van der Waals surface area (Å²) in [5, 5.41) is 21.7. The van der Waals surface area contributed by atoms with Crippen LogP contribution in [0.1, 0.15) is 0 Å². The van der Waals surface area contributed by atoms with E-state index in [4.69, 9.17) is 0 Å². The molecule has 0 aliphatic rings. The zero-order chi connectivity index (χ0) is 22.0. The third-order valence-corrected chi connectivity index (χ3v) is 8.08. The van der Waals surface area contributed by atoms with Crippen molar-refractivity contribution in [2.24, 2.45) is 0 Å². The number of rotatable bonds is 0. The Balaban J connectivity index is 1.70. The van der Waals surface area contributed by atoms with Crippen LogP contribution in [0.4, 0.5) is 0 Å². The molecule has 9 rings (SSSR count). The molecule has 0 unspecified atom stereocenters. The van der Waals surface area contributed by atoms with E-state index in [2.05, 4.69) is 109 Å². The van der Waals surface area contributed by atoms with Crippen LogP contribution in [0.5, 0.6) is 0 Å². The van der Waals surface area contributed by atoms with Crippen molar-refractivity contribution >= 4 is 86.2 Å². The number of fused-ring (bicyclic) bond motifs is 7. The first-order chi connectivity index (χ1) is 16.9. The van der Waals surface area contributed by atoms with Gasteiger partial charge < -0.3 is 0 Å². The maximum atomic E-state index is 2.41. The highest BCUT2D eigenvalue weighted by molar-refractivity contribution is 6.45. The minimum absolute atomic E-state index is 1.30. The van der Waals surface area contributed by atoms with Crippen LogP contribution in [0.3, 0.4) is 0 Å². The van der Waals surface area contributed by atoms with Gasteiger partial charge in [-0.05, 0) is 104 Å². The van der Waals surface area contributed by atoms with E-state index in [0.717, 1.165) is 0 Å². The second-order valence-corrected chi connectivity index (χ2v) is 9.69. The SMILES string of the molecule is c1ccc2cc3c(cc2c1)c1cccc2c4cc5ccccc5c5ccc6ccc3c(c12)c6c54. The first-order valence-corrected chi connectivity index (χ1v) is 12.0. The number of benzene rings is 9. The van der Waals surface area contributed by atoms with Crippen molar-refractivity contribution in [2.75, 3.05) is 0 Å². The van der Waals surface area contributed by atoms with Gasteiger partial charge >= 0.3 is 0 Å². The van der Waals surface area contributed by atoms with E-state index in [-0.39, 0.29) is 0 Å². The third kappa shape index (κ3) is 1.89. The molecule has 0 atom stereocenters. The minimum Gasteiger partial charge on any atom is -0.0616 e. The van der Waals surface area contributed by atoms with E-state index in [1.807, 2.05) is 0 Å². The lowest BCUT2D eigenvalue weighted by Gasteiger charge is -2.21. The molecule has 0 saturated heterocycles. The second kappa shape index (κ2) is 5.73. The van der Waals surface area contributed by atoms with Gasteiger partial charge in [0.25, 0.3) is 0 Å². The van der Waals surface area contributed by atoms with Crippen LogP contribution >= 0.6 is 0 Å². The molecular formula is C34H18. The predicted molar refractivity (Wildman–Crippen MR) is 149 cm³/mol. The van der Waals surface area contributed by atoms with Crippen LogP contribution in [0.15, 0.2) is 109 Å². The third-order valence-electron chi connectivity index (χ3n) is 8.08. The largest absolute Gasteiger partial charge is 0.0616 e. The van der Waals surface area contributed by atoms with Crippen molar-refractivity contribution < 1.29 is 0 Å². The summed E-state index contributed by atoms with van der Waals surface area (Å²) in [6, 6.07) is 41.0. The highest BCUT2D eigenvalue weighted by atomic mass is 14.2. The molecular weight excluding hydrogens is 408 g/mol. The van der Waals surface area contributed by atoms with Gasteiger partial charge in [-0.2, -0.15) is 0 Å². The Morgan fingerprint density at radius 2 is 0.735 bits per heavy atom. The van der Waals surface area contributed by atoms with Gasteiger partial charge in [-0.3, -0.25) is 0 Å². The quantitative estimate of drug-likeness (QED) is 0.167. The van der Waals surface area contributed by atoms with Crippen molar-refractivity contribution in [2.45, 2.75) is 0 Å². The highest BCUT2D eigenvalue weighted by Gasteiger charge is 2.20. The first kappa shape index (κ1) is 17.1. The van der Waals surface area contributed by atoms with E-state index in [1.54, 1.807) is 0 Å². The summed E-state index contributed by atoms with van der Waals surface area (Å²) in [4.78, 5) is 0. The Bertz CT molecular complexity index is 2270. The number of hydrogen-bond donors (Lipinski definition) is 0. The molecule has 0 heteroatoms. The molecule has 0 radical (unpaired) electrons. The monoisotopic (exact) mass is 426 g/mol. The highest BCUT2D eigenvalue weighted by Crippen LogP contribution is 2.49. The topological polar surface area (TPSA) is 0 Å². The fourth-order valence-corrected chi connectivity index (χ4v) is 6.67. The average Bonchev–Trinajstić information content (AvgIpc) is 2.90. The molecule has 0 spiro atoms. The van der Waals surface area contributed by atoms with Gasteiger partial charge in [-0.15, -0.1) is 0 Å². The Morgan fingerprint density at radius 1 is 0.235 bits per heavy atom. The molecule has 0 aromatic heterocycles. The molecule has 34 heavy (non-hydrogen) atoms. The fraction of sp³-hybridized carbons (Fsp3) is 0. The molecule has 154 valence electrons. The summed E-state index contributed by atoms with van der Waals surface area (Å²) in [6.07, 6.45) is 0. The average molecular weight is 427 g/mol. The van der Waals surface area contributed by atoms with Gasteiger partial charge in [0.05, 0.1) is 0 Å². The lowest BCUT2D eigenvalue weighted by Crippen LogP contribution is -1.92. The predicted octanol–water partition coefficient (Wildman–Crippen LogP) is 9.79. The molecule has 0 heterocycles. The van der Waals surface area contributed by atoms with Gasteiger partial charge in [-0.1, -0.05) is 91.0 Å².